The summed E-state index contributed by atoms with van der Waals surface area (Å²) in [6.07, 6.45) is 2.96. The van der Waals surface area contributed by atoms with Crippen LogP contribution in [0.4, 0.5) is 0 Å². The molecule has 0 bridgehead atoms. The summed E-state index contributed by atoms with van der Waals surface area (Å²) in [5, 5.41) is 23.7. The van der Waals surface area contributed by atoms with Gasteiger partial charge in [0.25, 0.3) is 0 Å². The van der Waals surface area contributed by atoms with Crippen molar-refractivity contribution >= 4 is 160 Å². The second-order valence-corrected chi connectivity index (χ2v) is 30.3. The van der Waals surface area contributed by atoms with Crippen molar-refractivity contribution in [3.63, 3.8) is 0 Å². The molecule has 0 saturated carbocycles. The average molecular weight is 1850 g/mol. The van der Waals surface area contributed by atoms with Gasteiger partial charge in [-0.3, -0.25) is 0 Å². The van der Waals surface area contributed by atoms with Crippen molar-refractivity contribution in [3.8, 4) is 100 Å². The van der Waals surface area contributed by atoms with Crippen LogP contribution in [-0.4, -0.2) is 63.0 Å². The summed E-state index contributed by atoms with van der Waals surface area (Å²) in [5.74, 6) is 0. The monoisotopic (exact) mass is 1850 g/mol. The molecular formula is C126H102Se3. The minimum absolute atomic E-state index is 0.950. The predicted molar refractivity (Wildman–Crippen MR) is 580 cm³/mol. The molecule has 0 saturated heterocycles. The second-order valence-electron chi connectivity index (χ2n) is 30.3. The van der Waals surface area contributed by atoms with Gasteiger partial charge in [-0.15, -0.1) is 78.9 Å². The quantitative estimate of drug-likeness (QED) is 0.0884. The molecule has 0 fully saturated rings. The van der Waals surface area contributed by atoms with E-state index in [9.17, 15) is 0 Å². The minimum Gasteiger partial charge on any atom is -0.0622 e. The standard InChI is InChI=1S/C43H28.C37H24.C31H20.6C2H4.3CH2Se/c1-2-11-28(12-3-1)32-19-9-21-38-39-22-10-20-33(43(39)27-42(32)38)31-14-8-13-29(25-31)30-23-24-40-36-17-5-4-15-34(36)35-16-6-7-18-37(35)41(40)26-30;1-2-12-28-27(9-1)23-36-29(17-8-18-30(28)36)26-11-7-10-24(21-26)25-19-20-35-33-15-4-3-13-31(33)32-14-5-6-16-34(32)37(35)22-25;1-2-9-22-20(8-1)18-30-23(14-7-15-24(22)30)21-16-17-29-27-12-4-3-10-25(27)26-11-5-6-13-28(26)31(29)19-21;9*1-2/h1-26H,27H2;1-22H,23H2;1-17,19H,18H2;6*1-2H2;3*1H2. The molecule has 0 spiro atoms. The van der Waals surface area contributed by atoms with Crippen LogP contribution in [-0.2, 0) is 19.3 Å². The number of fused-ring (bicyclic) bond motifs is 27. The normalized spacial score (nSPS) is 10.8. The molecule has 24 rings (SSSR count). The smallest absolute Gasteiger partial charge is 0.000112 e. The number of hydrogen-bond acceptors (Lipinski definition) is 0. The van der Waals surface area contributed by atoms with Crippen LogP contribution < -0.4 is 0 Å². The SMILES string of the molecule is C=C.C=C.C=C.C=C.C=C.C=C.C=[Se].C=[Se].C=[Se].c1cc(-c2ccc3c4ccccc4c4ccccc4c3c2)cc(-c2cccc3c2Cc2ccccc2-3)c1.c1ccc(-c2cccc3c2Cc2c(-c4cccc(-c5ccc6c7ccccc7c7ccccc7c6c5)c4)cccc2-3)cc1.c1ccc2c(c1)Cc1c(-c3ccc4c5ccccc5c5ccccc5c4c3)cccc1-2. The van der Waals surface area contributed by atoms with E-state index in [-0.39, 0.29) is 0 Å². The summed E-state index contributed by atoms with van der Waals surface area (Å²) >= 11 is 7.12. The van der Waals surface area contributed by atoms with Crippen LogP contribution in [0.5, 0.6) is 0 Å². The summed E-state index contributed by atoms with van der Waals surface area (Å²) in [6, 6.07) is 147. The van der Waals surface area contributed by atoms with E-state index in [0.717, 1.165) is 19.3 Å². The van der Waals surface area contributed by atoms with Crippen molar-refractivity contribution in [3.05, 3.63) is 513 Å². The first-order valence-corrected chi connectivity index (χ1v) is 46.5. The number of hydrogen-bond donors (Lipinski definition) is 0. The number of benzene rings is 21. The molecule has 624 valence electrons. The molecule has 0 aliphatic heterocycles. The van der Waals surface area contributed by atoms with Crippen molar-refractivity contribution in [1.82, 2.24) is 0 Å². The Morgan fingerprint density at radius 1 is 0.124 bits per heavy atom. The zero-order chi connectivity index (χ0) is 91.0. The Morgan fingerprint density at radius 2 is 0.302 bits per heavy atom. The molecule has 21 aromatic rings. The topological polar surface area (TPSA) is 0 Å². The van der Waals surface area contributed by atoms with Crippen LogP contribution in [0, 0.1) is 0 Å². The van der Waals surface area contributed by atoms with Crippen molar-refractivity contribution in [2.75, 3.05) is 0 Å². The molecule has 0 heterocycles. The molecule has 0 unspecified atom stereocenters. The van der Waals surface area contributed by atoms with Gasteiger partial charge in [0.05, 0.1) is 0 Å². The maximum Gasteiger partial charge on any atom is -0.000112 e. The van der Waals surface area contributed by atoms with E-state index in [0.29, 0.717) is 0 Å². The predicted octanol–water partition coefficient (Wildman–Crippen LogP) is 33.7. The molecule has 0 aromatic heterocycles. The Kier molecular flexibility index (Phi) is 31.6. The molecule has 21 aromatic carbocycles. The van der Waals surface area contributed by atoms with Gasteiger partial charge >= 0.3 is 63.0 Å². The maximum atomic E-state index is 3.12. The molecule has 0 amide bonds. The van der Waals surface area contributed by atoms with Crippen LogP contribution in [0.15, 0.2) is 479 Å². The third kappa shape index (κ3) is 18.0. The van der Waals surface area contributed by atoms with Crippen LogP contribution >= 0.6 is 0 Å². The molecule has 0 atom stereocenters. The van der Waals surface area contributed by atoms with E-state index in [1.54, 1.807) is 0 Å². The second kappa shape index (κ2) is 44.1. The molecule has 129 heavy (non-hydrogen) atoms. The molecule has 0 N–H and O–H groups in total. The molecule has 3 heteroatoms. The van der Waals surface area contributed by atoms with Crippen LogP contribution in [0.25, 0.3) is 197 Å². The van der Waals surface area contributed by atoms with Crippen molar-refractivity contribution in [2.45, 2.75) is 19.3 Å². The van der Waals surface area contributed by atoms with Gasteiger partial charge in [-0.05, 0) is 280 Å². The van der Waals surface area contributed by atoms with Gasteiger partial charge in [0.15, 0.2) is 0 Å². The summed E-state index contributed by atoms with van der Waals surface area (Å²) in [4.78, 5) is 0. The van der Waals surface area contributed by atoms with E-state index < -0.39 is 0 Å². The first-order chi connectivity index (χ1) is 64.1. The van der Waals surface area contributed by atoms with E-state index in [1.807, 2.05) is 0 Å². The third-order valence-corrected chi connectivity index (χ3v) is 24.3. The summed E-state index contributed by atoms with van der Waals surface area (Å²) in [6.45, 7) is 36.0. The van der Waals surface area contributed by atoms with Crippen LogP contribution in [0.3, 0.4) is 0 Å². The van der Waals surface area contributed by atoms with Gasteiger partial charge in [-0.1, -0.05) is 370 Å². The molecule has 0 nitrogen and oxygen atoms in total. The fourth-order valence-electron chi connectivity index (χ4n) is 19.2. The minimum atomic E-state index is 0.950. The summed E-state index contributed by atoms with van der Waals surface area (Å²) in [7, 11) is 0. The Hall–Kier alpha value is -14.4. The summed E-state index contributed by atoms with van der Waals surface area (Å²) < 4.78 is 0. The first kappa shape index (κ1) is 92.2. The third-order valence-electron chi connectivity index (χ3n) is 24.3. The van der Waals surface area contributed by atoms with E-state index >= 15 is 0 Å². The fraction of sp³-hybridized carbons (Fsp3) is 0.0238. The Bertz CT molecular complexity index is 7480. The van der Waals surface area contributed by atoms with Gasteiger partial charge < -0.3 is 0 Å². The van der Waals surface area contributed by atoms with Gasteiger partial charge in [0.2, 0.25) is 0 Å². The van der Waals surface area contributed by atoms with Crippen molar-refractivity contribution in [1.29, 1.82) is 0 Å². The zero-order valence-electron chi connectivity index (χ0n) is 73.1. The Morgan fingerprint density at radius 3 is 0.612 bits per heavy atom. The molecule has 3 aliphatic carbocycles. The van der Waals surface area contributed by atoms with Gasteiger partial charge in [0.1, 0.15) is 0 Å². The molecular weight excluding hydrogens is 1750 g/mol. The van der Waals surface area contributed by atoms with Gasteiger partial charge in [-0.2, -0.15) is 0 Å². The summed E-state index contributed by atoms with van der Waals surface area (Å²) in [5.41, 5.74) is 41.7. The zero-order valence-corrected chi connectivity index (χ0v) is 78.2. The fourth-order valence-corrected chi connectivity index (χ4v) is 19.2. The van der Waals surface area contributed by atoms with E-state index in [2.05, 4.69) is 542 Å². The van der Waals surface area contributed by atoms with Crippen LogP contribution in [0.2, 0.25) is 0 Å². The van der Waals surface area contributed by atoms with Gasteiger partial charge in [0, 0.05) is 0 Å². The van der Waals surface area contributed by atoms with Crippen molar-refractivity contribution in [2.24, 2.45) is 0 Å². The maximum absolute atomic E-state index is 3.12. The number of rotatable bonds is 6. The molecule has 3 aliphatic rings. The first-order valence-electron chi connectivity index (χ1n) is 42.8. The van der Waals surface area contributed by atoms with Crippen LogP contribution in [0.1, 0.15) is 33.4 Å². The largest absolute Gasteiger partial charge is 0.0622 e. The van der Waals surface area contributed by atoms with E-state index in [1.165, 1.54) is 230 Å². The van der Waals surface area contributed by atoms with Gasteiger partial charge in [-0.25, -0.2) is 0 Å². The molecule has 0 radical (unpaired) electrons. The Labute approximate surface area is 785 Å². The average Bonchev–Trinajstić information content (AvgIpc) is 1.60. The van der Waals surface area contributed by atoms with E-state index in [4.69, 9.17) is 0 Å². The Balaban J connectivity index is 0.000000153. The van der Waals surface area contributed by atoms with Crippen molar-refractivity contribution < 1.29 is 0 Å².